The number of aromatic nitrogens is 4. The van der Waals surface area contributed by atoms with Crippen LogP contribution in [0.3, 0.4) is 0 Å². The van der Waals surface area contributed by atoms with E-state index in [9.17, 15) is 9.18 Å². The lowest BCUT2D eigenvalue weighted by Crippen LogP contribution is -2.29. The third kappa shape index (κ3) is 4.21. The van der Waals surface area contributed by atoms with Crippen LogP contribution in [0, 0.1) is 19.7 Å². The highest BCUT2D eigenvalue weighted by Gasteiger charge is 2.31. The summed E-state index contributed by atoms with van der Waals surface area (Å²) in [6.45, 7) is 4.72. The van der Waals surface area contributed by atoms with Crippen LogP contribution in [0.5, 0.6) is 11.6 Å². The average Bonchev–Trinajstić information content (AvgIpc) is 3.20. The van der Waals surface area contributed by atoms with E-state index in [0.29, 0.717) is 24.6 Å². The summed E-state index contributed by atoms with van der Waals surface area (Å²) in [5.74, 6) is 0.337. The van der Waals surface area contributed by atoms with Gasteiger partial charge < -0.3 is 9.64 Å². The van der Waals surface area contributed by atoms with Crippen LogP contribution >= 0.6 is 0 Å². The Balaban J connectivity index is 1.50. The van der Waals surface area contributed by atoms with E-state index in [1.165, 1.54) is 12.3 Å². The molecular formula is C21H20FN5O2. The Hall–Kier alpha value is -3.42. The minimum Gasteiger partial charge on any atom is -0.436 e. The molecule has 0 saturated carbocycles. The first-order valence-corrected chi connectivity index (χ1v) is 9.35. The zero-order chi connectivity index (χ0) is 20.4. The van der Waals surface area contributed by atoms with Crippen LogP contribution in [0.1, 0.15) is 40.0 Å². The van der Waals surface area contributed by atoms with Gasteiger partial charge in [0.25, 0.3) is 5.91 Å². The molecule has 1 amide bonds. The zero-order valence-corrected chi connectivity index (χ0v) is 16.2. The van der Waals surface area contributed by atoms with Crippen molar-refractivity contribution in [2.75, 3.05) is 13.1 Å². The van der Waals surface area contributed by atoms with Crippen molar-refractivity contribution in [1.82, 2.24) is 24.8 Å². The standard InChI is InChI=1S/C21H20FN5O2/c1-13-9-19(29-18-6-4-3-5-16(18)22)26-20(25-13)15-7-8-27(12-15)21(28)17-11-23-14(2)10-24-17/h3-6,9-11,15H,7-8,12H2,1-2H3/t15-/m1/s1. The third-order valence-electron chi connectivity index (χ3n) is 4.74. The van der Waals surface area contributed by atoms with Crippen molar-refractivity contribution in [1.29, 1.82) is 0 Å². The maximum atomic E-state index is 13.9. The molecule has 3 aromatic rings. The van der Waals surface area contributed by atoms with Gasteiger partial charge in [0, 0.05) is 37.0 Å². The number of hydrogen-bond donors (Lipinski definition) is 0. The molecule has 0 bridgehead atoms. The van der Waals surface area contributed by atoms with Crippen LogP contribution in [-0.4, -0.2) is 43.8 Å². The molecule has 3 heterocycles. The van der Waals surface area contributed by atoms with Gasteiger partial charge in [-0.05, 0) is 32.4 Å². The summed E-state index contributed by atoms with van der Waals surface area (Å²) in [6.07, 6.45) is 3.80. The lowest BCUT2D eigenvalue weighted by molar-refractivity contribution is 0.0784. The Labute approximate surface area is 167 Å². The van der Waals surface area contributed by atoms with Gasteiger partial charge in [0.2, 0.25) is 5.88 Å². The van der Waals surface area contributed by atoms with Crippen LogP contribution < -0.4 is 4.74 Å². The predicted octanol–water partition coefficient (Wildman–Crippen LogP) is 3.44. The van der Waals surface area contributed by atoms with E-state index >= 15 is 0 Å². The summed E-state index contributed by atoms with van der Waals surface area (Å²) in [5, 5.41) is 0. The molecule has 2 aromatic heterocycles. The predicted molar refractivity (Wildman–Crippen MR) is 103 cm³/mol. The Bertz CT molecular complexity index is 1040. The van der Waals surface area contributed by atoms with Crippen LogP contribution in [0.25, 0.3) is 0 Å². The normalized spacial score (nSPS) is 16.1. The van der Waals surface area contributed by atoms with Gasteiger partial charge in [-0.2, -0.15) is 4.98 Å². The number of benzene rings is 1. The fourth-order valence-electron chi connectivity index (χ4n) is 3.26. The Kier molecular flexibility index (Phi) is 5.16. The number of carbonyl (C=O) groups excluding carboxylic acids is 1. The monoisotopic (exact) mass is 393 g/mol. The molecule has 1 aliphatic heterocycles. The van der Waals surface area contributed by atoms with Gasteiger partial charge in [-0.15, -0.1) is 0 Å². The highest BCUT2D eigenvalue weighted by Crippen LogP contribution is 2.29. The van der Waals surface area contributed by atoms with Crippen molar-refractivity contribution < 1.29 is 13.9 Å². The maximum Gasteiger partial charge on any atom is 0.274 e. The number of hydrogen-bond acceptors (Lipinski definition) is 6. The van der Waals surface area contributed by atoms with E-state index in [0.717, 1.165) is 17.8 Å². The lowest BCUT2D eigenvalue weighted by atomic mass is 10.1. The van der Waals surface area contributed by atoms with Crippen LogP contribution in [0.2, 0.25) is 0 Å². The summed E-state index contributed by atoms with van der Waals surface area (Å²) < 4.78 is 19.5. The first-order chi connectivity index (χ1) is 14.0. The SMILES string of the molecule is Cc1cnc(C(=O)N2CC[C@@H](c3nc(C)cc(Oc4ccccc4F)n3)C2)cn1. The Morgan fingerprint density at radius 3 is 2.72 bits per heavy atom. The molecule has 7 nitrogen and oxygen atoms in total. The van der Waals surface area contributed by atoms with Gasteiger partial charge in [-0.1, -0.05) is 12.1 Å². The van der Waals surface area contributed by atoms with Gasteiger partial charge >= 0.3 is 0 Å². The molecule has 29 heavy (non-hydrogen) atoms. The quantitative estimate of drug-likeness (QED) is 0.675. The van der Waals surface area contributed by atoms with Gasteiger partial charge in [0.05, 0.1) is 11.9 Å². The number of para-hydroxylation sites is 1. The van der Waals surface area contributed by atoms with Gasteiger partial charge in [-0.25, -0.2) is 14.4 Å². The van der Waals surface area contributed by atoms with Crippen LogP contribution in [-0.2, 0) is 0 Å². The van der Waals surface area contributed by atoms with E-state index < -0.39 is 5.82 Å². The van der Waals surface area contributed by atoms with Crippen molar-refractivity contribution in [3.05, 3.63) is 71.4 Å². The maximum absolute atomic E-state index is 13.9. The number of ether oxygens (including phenoxy) is 1. The molecule has 1 aliphatic rings. The first-order valence-electron chi connectivity index (χ1n) is 9.35. The largest absolute Gasteiger partial charge is 0.436 e. The number of rotatable bonds is 4. The van der Waals surface area contributed by atoms with Crippen molar-refractivity contribution in [3.8, 4) is 11.6 Å². The Morgan fingerprint density at radius 2 is 1.97 bits per heavy atom. The number of carbonyl (C=O) groups is 1. The van der Waals surface area contributed by atoms with Crippen LogP contribution in [0.15, 0.2) is 42.7 Å². The number of halogens is 1. The summed E-state index contributed by atoms with van der Waals surface area (Å²) >= 11 is 0. The summed E-state index contributed by atoms with van der Waals surface area (Å²) in [7, 11) is 0. The highest BCUT2D eigenvalue weighted by molar-refractivity contribution is 5.92. The lowest BCUT2D eigenvalue weighted by Gasteiger charge is -2.16. The topological polar surface area (TPSA) is 81.1 Å². The fourth-order valence-corrected chi connectivity index (χ4v) is 3.26. The van der Waals surface area contributed by atoms with Crippen molar-refractivity contribution in [2.24, 2.45) is 0 Å². The van der Waals surface area contributed by atoms with E-state index in [4.69, 9.17) is 4.74 Å². The summed E-state index contributed by atoms with van der Waals surface area (Å²) in [6, 6.07) is 7.84. The number of nitrogens with zero attached hydrogens (tertiary/aromatic N) is 5. The van der Waals surface area contributed by atoms with Crippen molar-refractivity contribution in [3.63, 3.8) is 0 Å². The Morgan fingerprint density at radius 1 is 1.14 bits per heavy atom. The minimum atomic E-state index is -0.456. The van der Waals surface area contributed by atoms with Crippen molar-refractivity contribution >= 4 is 5.91 Å². The zero-order valence-electron chi connectivity index (χ0n) is 16.2. The van der Waals surface area contributed by atoms with E-state index in [1.54, 1.807) is 35.4 Å². The molecule has 1 atom stereocenters. The number of likely N-dealkylation sites (tertiary alicyclic amines) is 1. The molecule has 4 rings (SSSR count). The molecule has 1 fully saturated rings. The van der Waals surface area contributed by atoms with E-state index in [-0.39, 0.29) is 23.5 Å². The smallest absolute Gasteiger partial charge is 0.274 e. The van der Waals surface area contributed by atoms with Crippen molar-refractivity contribution in [2.45, 2.75) is 26.2 Å². The fraction of sp³-hybridized carbons (Fsp3) is 0.286. The second-order valence-corrected chi connectivity index (χ2v) is 7.02. The molecule has 8 heteroatoms. The highest BCUT2D eigenvalue weighted by atomic mass is 19.1. The molecule has 0 spiro atoms. The molecule has 1 aromatic carbocycles. The number of aryl methyl sites for hydroxylation is 2. The minimum absolute atomic E-state index is 0.0276. The molecule has 0 aliphatic carbocycles. The molecule has 0 N–H and O–H groups in total. The van der Waals surface area contributed by atoms with E-state index in [1.807, 2.05) is 13.8 Å². The second-order valence-electron chi connectivity index (χ2n) is 7.02. The van der Waals surface area contributed by atoms with Gasteiger partial charge in [-0.3, -0.25) is 9.78 Å². The van der Waals surface area contributed by atoms with Gasteiger partial charge in [0.1, 0.15) is 11.5 Å². The van der Waals surface area contributed by atoms with E-state index in [2.05, 4.69) is 19.9 Å². The van der Waals surface area contributed by atoms with Gasteiger partial charge in [0.15, 0.2) is 11.6 Å². The van der Waals surface area contributed by atoms with Crippen LogP contribution in [0.4, 0.5) is 4.39 Å². The average molecular weight is 393 g/mol. The molecule has 0 unspecified atom stereocenters. The number of amides is 1. The second kappa shape index (κ2) is 7.90. The molecular weight excluding hydrogens is 373 g/mol. The summed E-state index contributed by atoms with van der Waals surface area (Å²) in [4.78, 5) is 31.7. The molecule has 0 radical (unpaired) electrons. The first kappa shape index (κ1) is 18.9. The molecule has 148 valence electrons. The third-order valence-corrected chi connectivity index (χ3v) is 4.74. The molecule has 1 saturated heterocycles. The summed E-state index contributed by atoms with van der Waals surface area (Å²) in [5.41, 5.74) is 1.80.